The number of carbonyl (C=O) groups excluding carboxylic acids is 4. The van der Waals surface area contributed by atoms with Crippen molar-refractivity contribution in [1.29, 1.82) is 0 Å². The van der Waals surface area contributed by atoms with Gasteiger partial charge in [-0.2, -0.15) is 0 Å². The van der Waals surface area contributed by atoms with Crippen molar-refractivity contribution in [3.8, 4) is 0 Å². The van der Waals surface area contributed by atoms with Gasteiger partial charge in [-0.3, -0.25) is 14.4 Å². The molecule has 2 saturated heterocycles. The Morgan fingerprint density at radius 2 is 1.73 bits per heavy atom. The zero-order valence-corrected chi connectivity index (χ0v) is 39.3. The number of hydrogen-bond donors (Lipinski definition) is 2. The van der Waals surface area contributed by atoms with Crippen LogP contribution >= 0.6 is 0 Å². The Hall–Kier alpha value is -3.36. The van der Waals surface area contributed by atoms with Gasteiger partial charge in [0.25, 0.3) is 11.7 Å². The van der Waals surface area contributed by atoms with E-state index in [9.17, 15) is 24.3 Å². The molecule has 348 valence electrons. The summed E-state index contributed by atoms with van der Waals surface area (Å²) >= 11 is 0. The van der Waals surface area contributed by atoms with E-state index in [0.717, 1.165) is 42.8 Å². The van der Waals surface area contributed by atoms with Crippen LogP contribution in [0.2, 0.25) is 0 Å². The van der Waals surface area contributed by atoms with E-state index >= 15 is 0 Å². The minimum atomic E-state index is -2.47. The Balaban J connectivity index is 1.56. The number of likely N-dealkylation sites (N-methyl/N-ethyl adjacent to an activating group) is 1. The molecule has 1 saturated carbocycles. The first-order valence-electron chi connectivity index (χ1n) is 23.3. The number of ketones is 2. The van der Waals surface area contributed by atoms with Gasteiger partial charge in [0.15, 0.2) is 0 Å². The molecule has 5 aliphatic rings. The molecule has 1 amide bonds. The van der Waals surface area contributed by atoms with Crippen molar-refractivity contribution < 1.29 is 48.0 Å². The topological polar surface area (TPSA) is 153 Å². The van der Waals surface area contributed by atoms with Gasteiger partial charge in [-0.05, 0) is 108 Å². The normalized spacial score (nSPS) is 38.6. The summed E-state index contributed by atoms with van der Waals surface area (Å²) in [6.07, 6.45) is 15.7. The van der Waals surface area contributed by atoms with Crippen LogP contribution in [0.5, 0.6) is 0 Å². The number of methoxy groups -OCH3 is 3. The number of rotatable bonds is 8. The lowest BCUT2D eigenvalue weighted by atomic mass is 9.77. The summed E-state index contributed by atoms with van der Waals surface area (Å²) in [7, 11) is 6.92. The van der Waals surface area contributed by atoms with Gasteiger partial charge in [-0.1, -0.05) is 57.6 Å². The third kappa shape index (κ3) is 11.7. The molecule has 62 heavy (non-hydrogen) atoms. The molecule has 13 nitrogen and oxygen atoms in total. The van der Waals surface area contributed by atoms with Gasteiger partial charge in [-0.15, -0.1) is 0 Å². The Labute approximate surface area is 371 Å². The molecule has 1 aliphatic carbocycles. The van der Waals surface area contributed by atoms with E-state index < -0.39 is 65.4 Å². The minimum Gasteiger partial charge on any atom is -0.456 e. The van der Waals surface area contributed by atoms with Crippen molar-refractivity contribution >= 4 is 23.4 Å². The molecule has 0 aromatic heterocycles. The molecule has 0 spiro atoms. The monoisotopic (exact) mass is 868 g/mol. The number of allylic oxidation sites excluding steroid dienone is 4. The molecule has 0 aromatic rings. The number of ether oxygens (including phenoxy) is 5. The van der Waals surface area contributed by atoms with E-state index in [-0.39, 0.29) is 42.6 Å². The van der Waals surface area contributed by atoms with Gasteiger partial charge in [0.05, 0.1) is 23.9 Å². The Morgan fingerprint density at radius 3 is 2.40 bits per heavy atom. The first-order valence-corrected chi connectivity index (χ1v) is 23.3. The summed E-state index contributed by atoms with van der Waals surface area (Å²) in [5, 5.41) is 16.0. The standard InChI is InChI=1S/C49H77N3O10/c1-11-36-26-31(2)25-32(3)27-40(59-9)44-41(60-10)28-35(6)49(57,62-44)45(54)46(55)52-24-15-12-18-38(52)47(56)61-43(33(4)20-21-39(36)53)34(5)29-48(22-16-17-37(30-48)58-8)50-42-19-13-14-23-51(42)7/h13-14,19,26,29,32-33,35-38,40-41,43-44,50,57H,11-12,15-18,20-25,27-28,30H2,1-10H3/b31-26+,34-29?. The number of hydrogen-bond acceptors (Lipinski definition) is 12. The number of Topliss-reactive ketones (excluding diaryl/α,β-unsaturated/α-hetero) is 2. The van der Waals surface area contributed by atoms with Crippen molar-refractivity contribution in [3.63, 3.8) is 0 Å². The number of nitrogens with one attached hydrogen (secondary N) is 1. The smallest absolute Gasteiger partial charge is 0.329 e. The molecule has 5 rings (SSSR count). The van der Waals surface area contributed by atoms with E-state index in [4.69, 9.17) is 23.7 Å². The van der Waals surface area contributed by atoms with Crippen molar-refractivity contribution in [2.24, 2.45) is 23.7 Å². The fraction of sp³-hybridized carbons (Fsp3) is 0.755. The average Bonchev–Trinajstić information content (AvgIpc) is 3.26. The highest BCUT2D eigenvalue weighted by Crippen LogP contribution is 2.40. The number of piperidine rings is 1. The molecule has 4 aliphatic heterocycles. The van der Waals surface area contributed by atoms with Gasteiger partial charge < -0.3 is 43.9 Å². The van der Waals surface area contributed by atoms with E-state index in [1.807, 2.05) is 40.8 Å². The highest BCUT2D eigenvalue weighted by atomic mass is 16.7. The number of esters is 1. The predicted molar refractivity (Wildman–Crippen MR) is 238 cm³/mol. The Bertz CT molecular complexity index is 1710. The predicted octanol–water partition coefficient (Wildman–Crippen LogP) is 6.59. The van der Waals surface area contributed by atoms with Crippen LogP contribution in [0.25, 0.3) is 0 Å². The summed E-state index contributed by atoms with van der Waals surface area (Å²) in [6, 6.07) is -1.05. The van der Waals surface area contributed by atoms with Crippen LogP contribution in [0.15, 0.2) is 47.3 Å². The first-order chi connectivity index (χ1) is 29.5. The fourth-order valence-corrected chi connectivity index (χ4v) is 10.6. The zero-order chi connectivity index (χ0) is 45.4. The van der Waals surface area contributed by atoms with Crippen LogP contribution in [-0.4, -0.2) is 128 Å². The molecule has 13 heteroatoms. The Morgan fingerprint density at radius 1 is 1.00 bits per heavy atom. The SMILES string of the molecule is CCC1/C=C(\C)CC(C)CC(OC)C2OC(O)(C(=O)C(=O)N3CCCCC3C(=O)OC(C(C)=CC3(NC4=CC=CCN4C)CCCC(OC)C3)C(C)CCC1=O)C(C)CC2OC. The maximum atomic E-state index is 14.6. The second kappa shape index (κ2) is 22.0. The van der Waals surface area contributed by atoms with Gasteiger partial charge in [0.1, 0.15) is 29.9 Å². The van der Waals surface area contributed by atoms with Gasteiger partial charge >= 0.3 is 5.97 Å². The molecule has 2 N–H and O–H groups in total. The molecule has 12 unspecified atom stereocenters. The van der Waals surface area contributed by atoms with Gasteiger partial charge in [-0.25, -0.2) is 4.79 Å². The second-order valence-corrected chi connectivity index (χ2v) is 19.2. The van der Waals surface area contributed by atoms with Crippen LogP contribution < -0.4 is 5.32 Å². The summed E-state index contributed by atoms with van der Waals surface area (Å²) in [5.41, 5.74) is 1.40. The van der Waals surface area contributed by atoms with Crippen molar-refractivity contribution in [2.75, 3.05) is 41.5 Å². The average molecular weight is 868 g/mol. The maximum absolute atomic E-state index is 14.6. The number of amides is 1. The van der Waals surface area contributed by atoms with Crippen molar-refractivity contribution in [2.45, 2.75) is 173 Å². The Kier molecular flexibility index (Phi) is 17.6. The quantitative estimate of drug-likeness (QED) is 0.154. The molecule has 0 aromatic carbocycles. The highest BCUT2D eigenvalue weighted by molar-refractivity contribution is 6.39. The van der Waals surface area contributed by atoms with Crippen LogP contribution in [0.3, 0.4) is 0 Å². The molecular weight excluding hydrogens is 791 g/mol. The van der Waals surface area contributed by atoms with E-state index in [2.05, 4.69) is 41.4 Å². The molecule has 0 radical (unpaired) electrons. The number of cyclic esters (lactones) is 1. The number of carbonyl (C=O) groups is 4. The number of fused-ring (bicyclic) bond motifs is 3. The lowest BCUT2D eigenvalue weighted by molar-refractivity contribution is -0.302. The zero-order valence-electron chi connectivity index (χ0n) is 39.3. The van der Waals surface area contributed by atoms with Crippen LogP contribution in [-0.2, 0) is 42.9 Å². The van der Waals surface area contributed by atoms with Crippen LogP contribution in [0, 0.1) is 23.7 Å². The highest BCUT2D eigenvalue weighted by Gasteiger charge is 2.56. The summed E-state index contributed by atoms with van der Waals surface area (Å²) < 4.78 is 30.6. The van der Waals surface area contributed by atoms with Crippen molar-refractivity contribution in [1.82, 2.24) is 15.1 Å². The molecule has 3 fully saturated rings. The summed E-state index contributed by atoms with van der Waals surface area (Å²) in [6.45, 7) is 12.8. The molecule has 4 heterocycles. The van der Waals surface area contributed by atoms with E-state index in [1.165, 1.54) is 4.90 Å². The lowest BCUT2D eigenvalue weighted by Gasteiger charge is -2.47. The summed E-state index contributed by atoms with van der Waals surface area (Å²) in [4.78, 5) is 60.9. The fourth-order valence-electron chi connectivity index (χ4n) is 10.6. The van der Waals surface area contributed by atoms with Crippen LogP contribution in [0.4, 0.5) is 0 Å². The maximum Gasteiger partial charge on any atom is 0.329 e. The number of aliphatic hydroxyl groups is 1. The van der Waals surface area contributed by atoms with Gasteiger partial charge in [0, 0.05) is 66.1 Å². The largest absolute Gasteiger partial charge is 0.456 e. The second-order valence-electron chi connectivity index (χ2n) is 19.2. The van der Waals surface area contributed by atoms with E-state index in [0.29, 0.717) is 57.8 Å². The minimum absolute atomic E-state index is 0.0255. The third-order valence-electron chi connectivity index (χ3n) is 14.3. The van der Waals surface area contributed by atoms with Crippen molar-refractivity contribution in [3.05, 3.63) is 47.3 Å². The van der Waals surface area contributed by atoms with E-state index in [1.54, 1.807) is 28.3 Å². The third-order valence-corrected chi connectivity index (χ3v) is 14.3. The first kappa shape index (κ1) is 49.7. The summed E-state index contributed by atoms with van der Waals surface area (Å²) in [5.74, 6) is -5.29. The number of nitrogens with zero attached hydrogens (tertiary/aromatic N) is 2. The molecule has 2 bridgehead atoms. The lowest BCUT2D eigenvalue weighted by Crippen LogP contribution is -2.64. The molecular formula is C49H77N3O10. The van der Waals surface area contributed by atoms with Gasteiger partial charge in [0.2, 0.25) is 5.79 Å². The molecule has 12 atom stereocenters. The van der Waals surface area contributed by atoms with Crippen LogP contribution in [0.1, 0.15) is 125 Å².